The van der Waals surface area contributed by atoms with Gasteiger partial charge in [-0.05, 0) is 31.5 Å². The van der Waals surface area contributed by atoms with E-state index in [0.29, 0.717) is 10.2 Å². The quantitative estimate of drug-likeness (QED) is 0.785. The highest BCUT2D eigenvalue weighted by molar-refractivity contribution is 7.22. The zero-order valence-electron chi connectivity index (χ0n) is 11.8. The first-order valence-corrected chi connectivity index (χ1v) is 7.53. The number of carbonyl (C=O) groups excluding carboxylic acids is 1. The van der Waals surface area contributed by atoms with Gasteiger partial charge in [0, 0.05) is 7.05 Å². The number of nitrogens with zero attached hydrogens (tertiary/aromatic N) is 3. The zero-order chi connectivity index (χ0) is 15.1. The van der Waals surface area contributed by atoms with Gasteiger partial charge >= 0.3 is 0 Å². The molecule has 2 aromatic heterocycles. The lowest BCUT2D eigenvalue weighted by molar-refractivity contribution is 0.102. The molecule has 0 aliphatic carbocycles. The van der Waals surface area contributed by atoms with Crippen molar-refractivity contribution in [2.45, 2.75) is 13.8 Å². The molecule has 1 N–H and O–H groups in total. The fourth-order valence-corrected chi connectivity index (χ4v) is 3.17. The molecule has 7 heteroatoms. The molecule has 2 heterocycles. The minimum Gasteiger partial charge on any atom is -0.296 e. The first-order chi connectivity index (χ1) is 9.95. The van der Waals surface area contributed by atoms with E-state index in [-0.39, 0.29) is 11.6 Å². The highest BCUT2D eigenvalue weighted by Crippen LogP contribution is 2.27. The molecule has 0 atom stereocenters. The van der Waals surface area contributed by atoms with E-state index in [4.69, 9.17) is 11.6 Å². The Balaban J connectivity index is 1.90. The standard InChI is InChI=1S/C14H13ClN4OS/c1-7-4-5-9-10(6-7)21-14(16-9)17-13(20)12-11(15)8(2)19(3)18-12/h4-6H,1-3H3,(H,16,17,20). The average molecular weight is 321 g/mol. The van der Waals surface area contributed by atoms with Crippen molar-refractivity contribution in [3.8, 4) is 0 Å². The number of aryl methyl sites for hydroxylation is 2. The summed E-state index contributed by atoms with van der Waals surface area (Å²) in [4.78, 5) is 16.6. The van der Waals surface area contributed by atoms with Crippen molar-refractivity contribution in [1.29, 1.82) is 0 Å². The van der Waals surface area contributed by atoms with Gasteiger partial charge in [0.05, 0.1) is 20.9 Å². The van der Waals surface area contributed by atoms with Crippen molar-refractivity contribution in [3.05, 3.63) is 40.2 Å². The first kappa shape index (κ1) is 14.0. The van der Waals surface area contributed by atoms with Crippen molar-refractivity contribution in [3.63, 3.8) is 0 Å². The zero-order valence-corrected chi connectivity index (χ0v) is 13.3. The number of fused-ring (bicyclic) bond motifs is 1. The molecule has 0 unspecified atom stereocenters. The molecule has 5 nitrogen and oxygen atoms in total. The van der Waals surface area contributed by atoms with E-state index in [9.17, 15) is 4.79 Å². The number of benzene rings is 1. The Labute approximate surface area is 130 Å². The Morgan fingerprint density at radius 1 is 1.38 bits per heavy atom. The van der Waals surface area contributed by atoms with Crippen LogP contribution in [0, 0.1) is 13.8 Å². The van der Waals surface area contributed by atoms with Crippen LogP contribution in [0.1, 0.15) is 21.7 Å². The van der Waals surface area contributed by atoms with Gasteiger partial charge in [-0.1, -0.05) is 29.0 Å². The Bertz CT molecular complexity index is 852. The molecular formula is C14H13ClN4OS. The van der Waals surface area contributed by atoms with Crippen molar-refractivity contribution in [2.24, 2.45) is 7.05 Å². The number of aromatic nitrogens is 3. The molecule has 0 bridgehead atoms. The Hall–Kier alpha value is -1.92. The van der Waals surface area contributed by atoms with Crippen LogP contribution in [0.3, 0.4) is 0 Å². The van der Waals surface area contributed by atoms with Crippen LogP contribution >= 0.6 is 22.9 Å². The maximum Gasteiger partial charge on any atom is 0.279 e. The molecule has 0 aliphatic heterocycles. The number of nitrogens with one attached hydrogen (secondary N) is 1. The maximum absolute atomic E-state index is 12.2. The van der Waals surface area contributed by atoms with E-state index >= 15 is 0 Å². The van der Waals surface area contributed by atoms with E-state index in [1.807, 2.05) is 32.0 Å². The largest absolute Gasteiger partial charge is 0.296 e. The summed E-state index contributed by atoms with van der Waals surface area (Å²) in [6.07, 6.45) is 0. The lowest BCUT2D eigenvalue weighted by atomic mass is 10.2. The molecule has 1 aromatic carbocycles. The summed E-state index contributed by atoms with van der Waals surface area (Å²) in [6.45, 7) is 3.83. The van der Waals surface area contributed by atoms with Crippen LogP contribution in [-0.2, 0) is 7.05 Å². The van der Waals surface area contributed by atoms with Gasteiger partial charge in [0.1, 0.15) is 0 Å². The molecule has 3 aromatic rings. The third-order valence-corrected chi connectivity index (χ3v) is 4.63. The van der Waals surface area contributed by atoms with Gasteiger partial charge in [0.25, 0.3) is 5.91 Å². The second-order valence-electron chi connectivity index (χ2n) is 4.82. The summed E-state index contributed by atoms with van der Waals surface area (Å²) in [6, 6.07) is 5.97. The number of hydrogen-bond donors (Lipinski definition) is 1. The normalized spacial score (nSPS) is 11.0. The molecular weight excluding hydrogens is 308 g/mol. The number of halogens is 1. The molecule has 3 rings (SSSR count). The lowest BCUT2D eigenvalue weighted by Crippen LogP contribution is -2.13. The lowest BCUT2D eigenvalue weighted by Gasteiger charge is -1.97. The number of hydrogen-bond acceptors (Lipinski definition) is 4. The van der Waals surface area contributed by atoms with Gasteiger partial charge in [0.2, 0.25) is 0 Å². The van der Waals surface area contributed by atoms with E-state index in [1.54, 1.807) is 11.7 Å². The third-order valence-electron chi connectivity index (χ3n) is 3.24. The number of carbonyl (C=O) groups is 1. The number of rotatable bonds is 2. The van der Waals surface area contributed by atoms with Gasteiger partial charge in [-0.2, -0.15) is 5.10 Å². The SMILES string of the molecule is Cc1ccc2nc(NC(=O)c3nn(C)c(C)c3Cl)sc2c1. The number of thiazole rings is 1. The van der Waals surface area contributed by atoms with Crippen LogP contribution < -0.4 is 5.32 Å². The predicted molar refractivity (Wildman–Crippen MR) is 85.3 cm³/mol. The minimum atomic E-state index is -0.348. The summed E-state index contributed by atoms with van der Waals surface area (Å²) in [5, 5.41) is 7.79. The van der Waals surface area contributed by atoms with Gasteiger partial charge in [-0.3, -0.25) is 14.8 Å². The summed E-state index contributed by atoms with van der Waals surface area (Å²) in [5.74, 6) is -0.348. The molecule has 1 amide bonds. The summed E-state index contributed by atoms with van der Waals surface area (Å²) < 4.78 is 2.62. The fraction of sp³-hybridized carbons (Fsp3) is 0.214. The molecule has 0 saturated heterocycles. The third kappa shape index (κ3) is 2.52. The van der Waals surface area contributed by atoms with E-state index in [2.05, 4.69) is 15.4 Å². The first-order valence-electron chi connectivity index (χ1n) is 6.33. The van der Waals surface area contributed by atoms with Gasteiger partial charge in [0.15, 0.2) is 10.8 Å². The van der Waals surface area contributed by atoms with Crippen molar-refractivity contribution < 1.29 is 4.79 Å². The van der Waals surface area contributed by atoms with Crippen LogP contribution in [0.4, 0.5) is 5.13 Å². The second-order valence-corrected chi connectivity index (χ2v) is 6.22. The maximum atomic E-state index is 12.2. The van der Waals surface area contributed by atoms with E-state index in [0.717, 1.165) is 21.5 Å². The Morgan fingerprint density at radius 3 is 2.81 bits per heavy atom. The van der Waals surface area contributed by atoms with Crippen LogP contribution in [0.5, 0.6) is 0 Å². The van der Waals surface area contributed by atoms with Crippen LogP contribution in [-0.4, -0.2) is 20.7 Å². The average Bonchev–Trinajstić information content (AvgIpc) is 2.94. The molecule has 0 saturated carbocycles. The number of amides is 1. The van der Waals surface area contributed by atoms with Crippen molar-refractivity contribution >= 4 is 44.2 Å². The van der Waals surface area contributed by atoms with Crippen molar-refractivity contribution in [1.82, 2.24) is 14.8 Å². The molecule has 108 valence electrons. The summed E-state index contributed by atoms with van der Waals surface area (Å²) in [5.41, 5.74) is 2.99. The van der Waals surface area contributed by atoms with Gasteiger partial charge in [-0.25, -0.2) is 4.98 Å². The molecule has 0 fully saturated rings. The Morgan fingerprint density at radius 2 is 2.14 bits per heavy atom. The van der Waals surface area contributed by atoms with Crippen LogP contribution in [0.25, 0.3) is 10.2 Å². The Kier molecular flexibility index (Phi) is 3.43. The fourth-order valence-electron chi connectivity index (χ4n) is 1.97. The minimum absolute atomic E-state index is 0.215. The molecule has 0 aliphatic rings. The smallest absolute Gasteiger partial charge is 0.279 e. The molecule has 21 heavy (non-hydrogen) atoms. The van der Waals surface area contributed by atoms with Crippen LogP contribution in [0.2, 0.25) is 5.02 Å². The highest BCUT2D eigenvalue weighted by Gasteiger charge is 2.19. The second kappa shape index (κ2) is 5.13. The van der Waals surface area contributed by atoms with E-state index < -0.39 is 0 Å². The topological polar surface area (TPSA) is 59.8 Å². The molecule has 0 radical (unpaired) electrons. The predicted octanol–water partition coefficient (Wildman–Crippen LogP) is 3.55. The van der Waals surface area contributed by atoms with E-state index in [1.165, 1.54) is 11.3 Å². The highest BCUT2D eigenvalue weighted by atomic mass is 35.5. The number of anilines is 1. The molecule has 0 spiro atoms. The van der Waals surface area contributed by atoms with Gasteiger partial charge in [-0.15, -0.1) is 0 Å². The summed E-state index contributed by atoms with van der Waals surface area (Å²) in [7, 11) is 1.75. The monoisotopic (exact) mass is 320 g/mol. The summed E-state index contributed by atoms with van der Waals surface area (Å²) >= 11 is 7.54. The van der Waals surface area contributed by atoms with Gasteiger partial charge < -0.3 is 0 Å². The van der Waals surface area contributed by atoms with Crippen LogP contribution in [0.15, 0.2) is 18.2 Å². The van der Waals surface area contributed by atoms with Crippen molar-refractivity contribution in [2.75, 3.05) is 5.32 Å².